The predicted octanol–water partition coefficient (Wildman–Crippen LogP) is 4.23. The number of aromatic hydroxyl groups is 1. The van der Waals surface area contributed by atoms with E-state index in [-0.39, 0.29) is 29.5 Å². The van der Waals surface area contributed by atoms with Crippen molar-refractivity contribution in [3.8, 4) is 5.75 Å². The van der Waals surface area contributed by atoms with E-state index >= 15 is 0 Å². The third kappa shape index (κ3) is 3.09. The van der Waals surface area contributed by atoms with E-state index in [1.807, 2.05) is 6.92 Å². The second kappa shape index (κ2) is 5.23. The fraction of sp³-hybridized carbons (Fsp3) is 0.588. The van der Waals surface area contributed by atoms with E-state index in [0.717, 1.165) is 11.8 Å². The summed E-state index contributed by atoms with van der Waals surface area (Å²) < 4.78 is 39.7. The van der Waals surface area contributed by atoms with Crippen LogP contribution in [0.15, 0.2) is 17.1 Å². The Bertz CT molecular complexity index is 657. The molecule has 1 fully saturated rings. The molecule has 0 bridgehead atoms. The minimum atomic E-state index is -4.51. The van der Waals surface area contributed by atoms with Crippen molar-refractivity contribution in [1.29, 1.82) is 0 Å². The van der Waals surface area contributed by atoms with Crippen LogP contribution in [0.4, 0.5) is 18.9 Å². The average Bonchev–Trinajstić information content (AvgIpc) is 2.52. The first-order chi connectivity index (χ1) is 10.6. The zero-order valence-corrected chi connectivity index (χ0v) is 13.1. The molecular weight excluding hydrogens is 307 g/mol. The van der Waals surface area contributed by atoms with Crippen LogP contribution in [0, 0.1) is 11.8 Å². The summed E-state index contributed by atoms with van der Waals surface area (Å²) in [5.74, 6) is -0.0884. The molecule has 0 radical (unpaired) electrons. The average molecular weight is 327 g/mol. The molecule has 0 amide bonds. The Morgan fingerprint density at radius 3 is 2.48 bits per heavy atom. The van der Waals surface area contributed by atoms with Crippen molar-refractivity contribution in [2.45, 2.75) is 51.3 Å². The molecule has 2 aliphatic rings. The van der Waals surface area contributed by atoms with Gasteiger partial charge >= 0.3 is 6.18 Å². The van der Waals surface area contributed by atoms with Gasteiger partial charge in [-0.15, -0.1) is 0 Å². The zero-order valence-electron chi connectivity index (χ0n) is 13.1. The molecular formula is C17H20F3NO2. The van der Waals surface area contributed by atoms with Gasteiger partial charge in [0.15, 0.2) is 0 Å². The van der Waals surface area contributed by atoms with Crippen molar-refractivity contribution in [3.05, 3.63) is 23.3 Å². The van der Waals surface area contributed by atoms with Gasteiger partial charge in [-0.2, -0.15) is 13.2 Å². The highest BCUT2D eigenvalue weighted by Gasteiger charge is 2.44. The van der Waals surface area contributed by atoms with Crippen LogP contribution in [0.1, 0.15) is 44.2 Å². The molecule has 0 saturated heterocycles. The molecule has 6 heteroatoms. The number of hydrogen-bond donors (Lipinski definition) is 2. The first-order valence-corrected chi connectivity index (χ1v) is 7.77. The number of fused-ring (bicyclic) bond motifs is 1. The lowest BCUT2D eigenvalue weighted by molar-refractivity contribution is -0.138. The molecule has 1 saturated carbocycles. The highest BCUT2D eigenvalue weighted by atomic mass is 19.4. The number of alkyl halides is 3. The first kappa shape index (κ1) is 16.3. The van der Waals surface area contributed by atoms with Crippen molar-refractivity contribution in [2.75, 3.05) is 0 Å². The second-order valence-electron chi connectivity index (χ2n) is 7.05. The Hall–Kier alpha value is -1.56. The van der Waals surface area contributed by atoms with Crippen LogP contribution in [0.5, 0.6) is 5.75 Å². The van der Waals surface area contributed by atoms with Gasteiger partial charge in [-0.3, -0.25) is 4.99 Å². The minimum Gasteiger partial charge on any atom is -0.508 e. The van der Waals surface area contributed by atoms with E-state index in [9.17, 15) is 23.4 Å². The Kier molecular flexibility index (Phi) is 3.71. The number of aliphatic imine (C=N–C) groups is 1. The van der Waals surface area contributed by atoms with E-state index in [1.54, 1.807) is 6.92 Å². The van der Waals surface area contributed by atoms with Crippen molar-refractivity contribution < 1.29 is 23.4 Å². The molecule has 1 heterocycles. The number of halogens is 3. The molecule has 23 heavy (non-hydrogen) atoms. The van der Waals surface area contributed by atoms with Gasteiger partial charge in [0.1, 0.15) is 5.75 Å². The highest BCUT2D eigenvalue weighted by Crippen LogP contribution is 2.47. The van der Waals surface area contributed by atoms with Crippen LogP contribution in [-0.2, 0) is 12.6 Å². The van der Waals surface area contributed by atoms with Gasteiger partial charge in [0.2, 0.25) is 0 Å². The maximum atomic E-state index is 13.2. The Balaban J connectivity index is 1.95. The van der Waals surface area contributed by atoms with Crippen molar-refractivity contribution >= 4 is 11.4 Å². The number of benzene rings is 1. The van der Waals surface area contributed by atoms with E-state index in [0.29, 0.717) is 19.3 Å². The Morgan fingerprint density at radius 2 is 1.91 bits per heavy atom. The fourth-order valence-corrected chi connectivity index (χ4v) is 3.97. The monoisotopic (exact) mass is 327 g/mol. The number of hydrogen-bond acceptors (Lipinski definition) is 3. The van der Waals surface area contributed by atoms with Crippen LogP contribution < -0.4 is 0 Å². The summed E-state index contributed by atoms with van der Waals surface area (Å²) in [6.07, 6.45) is -2.35. The number of phenols is 1. The number of phenolic OH excluding ortho intramolecular Hbond substituents is 1. The molecule has 126 valence electrons. The summed E-state index contributed by atoms with van der Waals surface area (Å²) in [5.41, 5.74) is -0.320. The lowest BCUT2D eigenvalue weighted by Crippen LogP contribution is -2.45. The Morgan fingerprint density at radius 1 is 1.26 bits per heavy atom. The standard InChI is InChI=1S/C17H20F3NO2/c1-9-12(10-7-16(2,23)8-10)3-4-13-14(17(18,19)20)5-11(22)6-15(13)21-9/h5-6,10,12,22-23H,3-4,7-8H2,1-2H3. The van der Waals surface area contributed by atoms with Crippen molar-refractivity contribution in [1.82, 2.24) is 0 Å². The van der Waals surface area contributed by atoms with Crippen LogP contribution >= 0.6 is 0 Å². The fourth-order valence-electron chi connectivity index (χ4n) is 3.97. The molecule has 1 aliphatic carbocycles. The molecule has 2 N–H and O–H groups in total. The number of aliphatic hydroxyl groups is 1. The molecule has 1 aliphatic heterocycles. The van der Waals surface area contributed by atoms with Gasteiger partial charge in [0, 0.05) is 17.7 Å². The van der Waals surface area contributed by atoms with Crippen LogP contribution in [0.3, 0.4) is 0 Å². The largest absolute Gasteiger partial charge is 0.508 e. The third-order valence-corrected chi connectivity index (χ3v) is 5.03. The van der Waals surface area contributed by atoms with Gasteiger partial charge in [-0.25, -0.2) is 0 Å². The summed E-state index contributed by atoms with van der Waals surface area (Å²) in [4.78, 5) is 4.38. The molecule has 3 nitrogen and oxygen atoms in total. The van der Waals surface area contributed by atoms with Gasteiger partial charge in [-0.1, -0.05) is 0 Å². The lowest BCUT2D eigenvalue weighted by Gasteiger charge is -2.45. The third-order valence-electron chi connectivity index (χ3n) is 5.03. The van der Waals surface area contributed by atoms with Gasteiger partial charge in [-0.05, 0) is 57.1 Å². The van der Waals surface area contributed by atoms with E-state index < -0.39 is 23.1 Å². The predicted molar refractivity (Wildman–Crippen MR) is 81.0 cm³/mol. The minimum absolute atomic E-state index is 0.0749. The molecule has 1 aromatic carbocycles. The highest BCUT2D eigenvalue weighted by molar-refractivity contribution is 5.88. The quantitative estimate of drug-likeness (QED) is 0.811. The lowest BCUT2D eigenvalue weighted by atomic mass is 9.64. The van der Waals surface area contributed by atoms with E-state index in [2.05, 4.69) is 4.99 Å². The van der Waals surface area contributed by atoms with Crippen LogP contribution in [0.25, 0.3) is 0 Å². The summed E-state index contributed by atoms with van der Waals surface area (Å²) in [6, 6.07) is 2.07. The smallest absolute Gasteiger partial charge is 0.416 e. The topological polar surface area (TPSA) is 52.8 Å². The summed E-state index contributed by atoms with van der Waals surface area (Å²) in [5, 5.41) is 19.5. The first-order valence-electron chi connectivity index (χ1n) is 7.77. The van der Waals surface area contributed by atoms with E-state index in [4.69, 9.17) is 0 Å². The molecule has 0 spiro atoms. The second-order valence-corrected chi connectivity index (χ2v) is 7.05. The molecule has 0 aromatic heterocycles. The van der Waals surface area contributed by atoms with E-state index in [1.165, 1.54) is 6.07 Å². The molecule has 1 atom stereocenters. The summed E-state index contributed by atoms with van der Waals surface area (Å²) in [6.45, 7) is 3.60. The van der Waals surface area contributed by atoms with Gasteiger partial charge in [0.05, 0.1) is 16.9 Å². The number of rotatable bonds is 1. The molecule has 1 unspecified atom stereocenters. The van der Waals surface area contributed by atoms with Crippen LogP contribution in [0.2, 0.25) is 0 Å². The summed E-state index contributed by atoms with van der Waals surface area (Å²) in [7, 11) is 0. The normalized spacial score (nSPS) is 31.0. The zero-order chi connectivity index (χ0) is 17.0. The van der Waals surface area contributed by atoms with Crippen molar-refractivity contribution in [2.24, 2.45) is 16.8 Å². The number of nitrogens with zero attached hydrogens (tertiary/aromatic N) is 1. The van der Waals surface area contributed by atoms with Crippen molar-refractivity contribution in [3.63, 3.8) is 0 Å². The SMILES string of the molecule is CC1=Nc2cc(O)cc(C(F)(F)F)c2CCC1C1CC(C)(O)C1. The summed E-state index contributed by atoms with van der Waals surface area (Å²) >= 11 is 0. The van der Waals surface area contributed by atoms with Gasteiger partial charge in [0.25, 0.3) is 0 Å². The van der Waals surface area contributed by atoms with Crippen LogP contribution in [-0.4, -0.2) is 21.5 Å². The maximum absolute atomic E-state index is 13.2. The maximum Gasteiger partial charge on any atom is 0.416 e. The molecule has 1 aromatic rings. The van der Waals surface area contributed by atoms with Gasteiger partial charge < -0.3 is 10.2 Å². The Labute approximate surface area is 132 Å². The molecule has 3 rings (SSSR count).